The second-order valence-electron chi connectivity index (χ2n) is 6.35. The van der Waals surface area contributed by atoms with Gasteiger partial charge in [-0.1, -0.05) is 30.3 Å². The number of hydrogen-bond donors (Lipinski definition) is 3. The maximum atomic E-state index is 13.5. The van der Waals surface area contributed by atoms with Gasteiger partial charge in [0, 0.05) is 16.8 Å². The number of H-pyrrole nitrogens is 1. The number of carbonyl (C=O) groups excluding carboxylic acids is 1. The van der Waals surface area contributed by atoms with E-state index in [1.165, 1.54) is 12.3 Å². The number of nitrogens with one attached hydrogen (secondary N) is 3. The second kappa shape index (κ2) is 8.36. The van der Waals surface area contributed by atoms with E-state index in [4.69, 9.17) is 0 Å². The zero-order valence-corrected chi connectivity index (χ0v) is 15.6. The van der Waals surface area contributed by atoms with Crippen molar-refractivity contribution >= 4 is 34.7 Å². The molecule has 148 valence electrons. The van der Waals surface area contributed by atoms with E-state index in [1.807, 2.05) is 0 Å². The molecule has 0 aliphatic heterocycles. The van der Waals surface area contributed by atoms with Gasteiger partial charge >= 0.3 is 0 Å². The minimum Gasteiger partial charge on any atom is -0.326 e. The summed E-state index contributed by atoms with van der Waals surface area (Å²) in [6.07, 6.45) is 1.24. The van der Waals surface area contributed by atoms with Crippen molar-refractivity contribution in [2.24, 2.45) is 5.10 Å². The Kier molecular flexibility index (Phi) is 5.29. The van der Waals surface area contributed by atoms with Crippen molar-refractivity contribution in [3.05, 3.63) is 100 Å². The molecule has 3 N–H and O–H groups in total. The summed E-state index contributed by atoms with van der Waals surface area (Å²) in [7, 11) is 0. The fourth-order valence-electron chi connectivity index (χ4n) is 2.79. The van der Waals surface area contributed by atoms with Gasteiger partial charge in [-0.2, -0.15) is 5.10 Å². The number of hydrazone groups is 1. The maximum Gasteiger partial charge on any atom is 0.271 e. The van der Waals surface area contributed by atoms with Crippen molar-refractivity contribution in [2.75, 3.05) is 5.32 Å². The lowest BCUT2D eigenvalue weighted by Crippen LogP contribution is -2.17. The van der Waals surface area contributed by atoms with Crippen LogP contribution in [0.5, 0.6) is 0 Å². The molecule has 0 fully saturated rings. The van der Waals surface area contributed by atoms with Crippen LogP contribution in [-0.2, 0) is 0 Å². The van der Waals surface area contributed by atoms with Crippen molar-refractivity contribution in [1.82, 2.24) is 15.4 Å². The summed E-state index contributed by atoms with van der Waals surface area (Å²) in [4.78, 5) is 31.4. The van der Waals surface area contributed by atoms with Crippen LogP contribution < -0.4 is 16.3 Å². The zero-order chi connectivity index (χ0) is 20.9. The normalized spacial score (nSPS) is 11.0. The number of rotatable bonds is 5. The van der Waals surface area contributed by atoms with Crippen LogP contribution in [0.1, 0.15) is 15.9 Å². The summed E-state index contributed by atoms with van der Waals surface area (Å²) in [5.74, 6) is -0.567. The number of carbonyl (C=O) groups is 1. The molecular weight excluding hydrogens is 385 g/mol. The van der Waals surface area contributed by atoms with Crippen LogP contribution in [0.4, 0.5) is 16.0 Å². The zero-order valence-electron chi connectivity index (χ0n) is 15.6. The molecule has 0 atom stereocenters. The van der Waals surface area contributed by atoms with Crippen LogP contribution in [0.3, 0.4) is 0 Å². The number of amides is 1. The molecule has 8 heteroatoms. The Labute approximate surface area is 170 Å². The SMILES string of the molecule is O=C(N/N=C\c1ccccc1F)c1ccc(Nc2nc3ccccc3c(=O)[nH]2)cc1. The molecule has 1 amide bonds. The lowest BCUT2D eigenvalue weighted by Gasteiger charge is -2.07. The van der Waals surface area contributed by atoms with Crippen LogP contribution in [0.25, 0.3) is 10.9 Å². The molecule has 0 bridgehead atoms. The molecular formula is C22H16FN5O2. The molecule has 3 aromatic carbocycles. The molecule has 0 unspecified atom stereocenters. The third-order valence-electron chi connectivity index (χ3n) is 4.30. The van der Waals surface area contributed by atoms with E-state index in [9.17, 15) is 14.0 Å². The van der Waals surface area contributed by atoms with Gasteiger partial charge in [0.15, 0.2) is 0 Å². The highest BCUT2D eigenvalue weighted by molar-refractivity contribution is 5.95. The number of aromatic amines is 1. The molecule has 4 rings (SSSR count). The Bertz CT molecular complexity index is 1300. The van der Waals surface area contributed by atoms with E-state index in [-0.39, 0.29) is 11.1 Å². The van der Waals surface area contributed by atoms with Crippen molar-refractivity contribution in [3.8, 4) is 0 Å². The lowest BCUT2D eigenvalue weighted by atomic mass is 10.2. The Hall–Kier alpha value is -4.33. The van der Waals surface area contributed by atoms with Crippen LogP contribution in [0.2, 0.25) is 0 Å². The molecule has 1 heterocycles. The maximum absolute atomic E-state index is 13.5. The quantitative estimate of drug-likeness (QED) is 0.352. The Morgan fingerprint density at radius 2 is 1.73 bits per heavy atom. The average Bonchev–Trinajstić information content (AvgIpc) is 2.75. The summed E-state index contributed by atoms with van der Waals surface area (Å²) in [5.41, 5.74) is 3.97. The predicted molar refractivity (Wildman–Crippen MR) is 114 cm³/mol. The first kappa shape index (κ1) is 19.0. The van der Waals surface area contributed by atoms with E-state index in [0.717, 1.165) is 0 Å². The number of nitrogens with zero attached hydrogens (tertiary/aromatic N) is 2. The number of aromatic nitrogens is 2. The summed E-state index contributed by atoms with van der Waals surface area (Å²) < 4.78 is 13.5. The third kappa shape index (κ3) is 4.22. The fourth-order valence-corrected chi connectivity index (χ4v) is 2.79. The van der Waals surface area contributed by atoms with Crippen LogP contribution in [0, 0.1) is 5.82 Å². The van der Waals surface area contributed by atoms with Crippen LogP contribution in [0.15, 0.2) is 82.7 Å². The molecule has 7 nitrogen and oxygen atoms in total. The molecule has 0 saturated carbocycles. The average molecular weight is 401 g/mol. The number of anilines is 2. The van der Waals surface area contributed by atoms with E-state index in [2.05, 4.69) is 25.8 Å². The van der Waals surface area contributed by atoms with Crippen molar-refractivity contribution in [3.63, 3.8) is 0 Å². The van der Waals surface area contributed by atoms with Gasteiger partial charge in [0.05, 0.1) is 17.1 Å². The second-order valence-corrected chi connectivity index (χ2v) is 6.35. The number of para-hydroxylation sites is 1. The Morgan fingerprint density at radius 1 is 1.00 bits per heavy atom. The van der Waals surface area contributed by atoms with Gasteiger partial charge < -0.3 is 5.32 Å². The largest absolute Gasteiger partial charge is 0.326 e. The van der Waals surface area contributed by atoms with Gasteiger partial charge in [-0.15, -0.1) is 0 Å². The number of benzene rings is 3. The van der Waals surface area contributed by atoms with Gasteiger partial charge in [0.2, 0.25) is 5.95 Å². The smallest absolute Gasteiger partial charge is 0.271 e. The summed E-state index contributed by atoms with van der Waals surface area (Å²) >= 11 is 0. The van der Waals surface area contributed by atoms with Crippen LogP contribution in [-0.4, -0.2) is 22.1 Å². The molecule has 0 spiro atoms. The number of fused-ring (bicyclic) bond motifs is 1. The first-order valence-electron chi connectivity index (χ1n) is 9.04. The Morgan fingerprint density at radius 3 is 2.53 bits per heavy atom. The summed E-state index contributed by atoms with van der Waals surface area (Å²) in [6, 6.07) is 19.7. The third-order valence-corrected chi connectivity index (χ3v) is 4.30. The summed E-state index contributed by atoms with van der Waals surface area (Å²) in [5, 5.41) is 7.29. The molecule has 0 saturated heterocycles. The van der Waals surface area contributed by atoms with Gasteiger partial charge in [0.25, 0.3) is 11.5 Å². The Balaban J connectivity index is 1.43. The molecule has 0 radical (unpaired) electrons. The first-order valence-corrected chi connectivity index (χ1v) is 9.04. The van der Waals surface area contributed by atoms with E-state index >= 15 is 0 Å². The van der Waals surface area contributed by atoms with Gasteiger partial charge in [-0.3, -0.25) is 14.6 Å². The molecule has 30 heavy (non-hydrogen) atoms. The highest BCUT2D eigenvalue weighted by Gasteiger charge is 2.06. The molecule has 0 aliphatic carbocycles. The van der Waals surface area contributed by atoms with Crippen molar-refractivity contribution in [2.45, 2.75) is 0 Å². The van der Waals surface area contributed by atoms with E-state index in [0.29, 0.717) is 28.1 Å². The number of halogens is 1. The van der Waals surface area contributed by atoms with Crippen LogP contribution >= 0.6 is 0 Å². The lowest BCUT2D eigenvalue weighted by molar-refractivity contribution is 0.0955. The van der Waals surface area contributed by atoms with E-state index < -0.39 is 11.7 Å². The minimum absolute atomic E-state index is 0.244. The van der Waals surface area contributed by atoms with Crippen molar-refractivity contribution < 1.29 is 9.18 Å². The summed E-state index contributed by atoms with van der Waals surface area (Å²) in [6.45, 7) is 0. The predicted octanol–water partition coefficient (Wildman–Crippen LogP) is 3.57. The van der Waals surface area contributed by atoms with Crippen molar-refractivity contribution in [1.29, 1.82) is 0 Å². The van der Waals surface area contributed by atoms with Gasteiger partial charge in [-0.25, -0.2) is 14.8 Å². The monoisotopic (exact) mass is 401 g/mol. The fraction of sp³-hybridized carbons (Fsp3) is 0. The van der Waals surface area contributed by atoms with Gasteiger partial charge in [-0.05, 0) is 42.5 Å². The highest BCUT2D eigenvalue weighted by atomic mass is 19.1. The molecule has 0 aliphatic rings. The minimum atomic E-state index is -0.439. The van der Waals surface area contributed by atoms with Gasteiger partial charge in [0.1, 0.15) is 5.82 Å². The standard InChI is InChI=1S/C22H16FN5O2/c23-18-7-3-1-5-15(18)13-24-28-20(29)14-9-11-16(12-10-14)25-22-26-19-8-4-2-6-17(19)21(30)27-22/h1-13H,(H,28,29)(H2,25,26,27,30)/b24-13-. The topological polar surface area (TPSA) is 99.2 Å². The molecule has 4 aromatic rings. The molecule has 1 aromatic heterocycles. The first-order chi connectivity index (χ1) is 14.6. The number of hydrogen-bond acceptors (Lipinski definition) is 5. The van der Waals surface area contributed by atoms with E-state index in [1.54, 1.807) is 66.7 Å². The highest BCUT2D eigenvalue weighted by Crippen LogP contribution is 2.15.